The minimum atomic E-state index is -0.827. The standard InChI is InChI=1S/C19H20N2O6/c1-2-25-13-5-3-11(4-6-13)15-7-12-9-21(19(24)20-18(12)27-15)17-8-14(23)16(10-22)26-17/h3-7,9,14,16-17,22-23H,2,8,10H2,1H3/t14-,16+,17+/m0/s1. The highest BCUT2D eigenvalue weighted by Gasteiger charge is 2.35. The largest absolute Gasteiger partial charge is 0.494 e. The summed E-state index contributed by atoms with van der Waals surface area (Å²) in [5, 5.41) is 19.7. The van der Waals surface area contributed by atoms with E-state index in [0.29, 0.717) is 17.8 Å². The highest BCUT2D eigenvalue weighted by atomic mass is 16.5. The quantitative estimate of drug-likeness (QED) is 0.702. The molecule has 0 radical (unpaired) electrons. The maximum absolute atomic E-state index is 12.3. The first-order valence-electron chi connectivity index (χ1n) is 8.79. The number of hydrogen-bond acceptors (Lipinski definition) is 7. The molecular formula is C19H20N2O6. The van der Waals surface area contributed by atoms with E-state index in [9.17, 15) is 15.0 Å². The smallest absolute Gasteiger partial charge is 0.353 e. The fourth-order valence-corrected chi connectivity index (χ4v) is 3.21. The van der Waals surface area contributed by atoms with Crippen LogP contribution in [-0.2, 0) is 4.74 Å². The van der Waals surface area contributed by atoms with E-state index < -0.39 is 24.1 Å². The number of aromatic nitrogens is 2. The second kappa shape index (κ2) is 7.15. The van der Waals surface area contributed by atoms with Gasteiger partial charge in [-0.05, 0) is 37.3 Å². The van der Waals surface area contributed by atoms with E-state index in [1.165, 1.54) is 4.57 Å². The average Bonchev–Trinajstić information content (AvgIpc) is 3.24. The molecule has 1 saturated heterocycles. The van der Waals surface area contributed by atoms with Crippen LogP contribution in [0.1, 0.15) is 19.6 Å². The Labute approximate surface area is 154 Å². The fraction of sp³-hybridized carbons (Fsp3) is 0.368. The number of aliphatic hydroxyl groups excluding tert-OH is 2. The van der Waals surface area contributed by atoms with E-state index in [0.717, 1.165) is 11.3 Å². The van der Waals surface area contributed by atoms with Gasteiger partial charge in [-0.2, -0.15) is 4.98 Å². The van der Waals surface area contributed by atoms with Crippen LogP contribution >= 0.6 is 0 Å². The van der Waals surface area contributed by atoms with Crippen LogP contribution in [0, 0.1) is 0 Å². The molecule has 1 fully saturated rings. The van der Waals surface area contributed by atoms with Gasteiger partial charge in [0.05, 0.1) is 24.7 Å². The molecule has 27 heavy (non-hydrogen) atoms. The third-order valence-electron chi connectivity index (χ3n) is 4.58. The molecule has 0 aliphatic carbocycles. The number of fused-ring (bicyclic) bond motifs is 1. The van der Waals surface area contributed by atoms with Gasteiger partial charge < -0.3 is 24.1 Å². The number of hydrogen-bond donors (Lipinski definition) is 2. The molecule has 4 rings (SSSR count). The maximum atomic E-state index is 12.3. The van der Waals surface area contributed by atoms with E-state index in [1.54, 1.807) is 12.3 Å². The lowest BCUT2D eigenvalue weighted by atomic mass is 10.1. The Hall–Kier alpha value is -2.68. The van der Waals surface area contributed by atoms with E-state index in [4.69, 9.17) is 13.9 Å². The van der Waals surface area contributed by atoms with Crippen molar-refractivity contribution in [2.75, 3.05) is 13.2 Å². The van der Waals surface area contributed by atoms with Gasteiger partial charge in [-0.25, -0.2) is 4.79 Å². The lowest BCUT2D eigenvalue weighted by Crippen LogP contribution is -2.27. The van der Waals surface area contributed by atoms with E-state index >= 15 is 0 Å². The van der Waals surface area contributed by atoms with Crippen molar-refractivity contribution in [2.24, 2.45) is 0 Å². The summed E-state index contributed by atoms with van der Waals surface area (Å²) in [5.41, 5.74) is 0.534. The van der Waals surface area contributed by atoms with Crippen molar-refractivity contribution in [3.05, 3.63) is 47.0 Å². The van der Waals surface area contributed by atoms with Crippen molar-refractivity contribution < 1.29 is 24.1 Å². The first-order valence-corrected chi connectivity index (χ1v) is 8.79. The molecule has 0 saturated carbocycles. The van der Waals surface area contributed by atoms with Crippen LogP contribution in [0.25, 0.3) is 22.4 Å². The molecule has 8 heteroatoms. The van der Waals surface area contributed by atoms with Gasteiger partial charge in [0.15, 0.2) is 0 Å². The molecule has 8 nitrogen and oxygen atoms in total. The zero-order valence-electron chi connectivity index (χ0n) is 14.7. The molecule has 0 spiro atoms. The number of ether oxygens (including phenoxy) is 2. The molecule has 0 amide bonds. The van der Waals surface area contributed by atoms with Crippen LogP contribution in [0.15, 0.2) is 45.7 Å². The van der Waals surface area contributed by atoms with Crippen LogP contribution in [0.3, 0.4) is 0 Å². The van der Waals surface area contributed by atoms with Gasteiger partial charge in [-0.15, -0.1) is 0 Å². The van der Waals surface area contributed by atoms with Gasteiger partial charge >= 0.3 is 5.69 Å². The summed E-state index contributed by atoms with van der Waals surface area (Å²) in [6.07, 6.45) is -0.399. The topological polar surface area (TPSA) is 107 Å². The summed E-state index contributed by atoms with van der Waals surface area (Å²) in [4.78, 5) is 16.3. The molecule has 0 bridgehead atoms. The summed E-state index contributed by atoms with van der Waals surface area (Å²) in [6.45, 7) is 2.20. The highest BCUT2D eigenvalue weighted by Crippen LogP contribution is 2.30. The number of furan rings is 1. The number of rotatable bonds is 5. The van der Waals surface area contributed by atoms with E-state index in [-0.39, 0.29) is 18.7 Å². The van der Waals surface area contributed by atoms with Gasteiger partial charge in [0.2, 0.25) is 5.71 Å². The molecule has 0 unspecified atom stereocenters. The van der Waals surface area contributed by atoms with Crippen LogP contribution in [0.4, 0.5) is 0 Å². The lowest BCUT2D eigenvalue weighted by Gasteiger charge is -2.13. The Balaban J connectivity index is 1.66. The summed E-state index contributed by atoms with van der Waals surface area (Å²) >= 11 is 0. The van der Waals surface area contributed by atoms with Crippen LogP contribution in [-0.4, -0.2) is 45.2 Å². The molecule has 3 aromatic rings. The van der Waals surface area contributed by atoms with Crippen molar-refractivity contribution in [1.82, 2.24) is 9.55 Å². The molecule has 3 atom stereocenters. The van der Waals surface area contributed by atoms with Crippen LogP contribution in [0.2, 0.25) is 0 Å². The number of aliphatic hydroxyl groups is 2. The fourth-order valence-electron chi connectivity index (χ4n) is 3.21. The minimum Gasteiger partial charge on any atom is -0.494 e. The molecule has 3 heterocycles. The van der Waals surface area contributed by atoms with Gasteiger partial charge in [0, 0.05) is 18.2 Å². The maximum Gasteiger partial charge on any atom is 0.353 e. The summed E-state index contributed by atoms with van der Waals surface area (Å²) in [5.74, 6) is 1.35. The molecule has 1 aromatic carbocycles. The molecule has 142 valence electrons. The Morgan fingerprint density at radius 2 is 2.11 bits per heavy atom. The lowest BCUT2D eigenvalue weighted by molar-refractivity contribution is -0.0457. The van der Waals surface area contributed by atoms with E-state index in [1.807, 2.05) is 31.2 Å². The average molecular weight is 372 g/mol. The molecule has 1 aliphatic rings. The van der Waals surface area contributed by atoms with Gasteiger partial charge in [-0.3, -0.25) is 4.57 Å². The second-order valence-corrected chi connectivity index (χ2v) is 6.37. The SMILES string of the molecule is CCOc1ccc(-c2cc3cn([C@H]4C[C@H](O)[C@@H](CO)O4)c(=O)nc3o2)cc1. The summed E-state index contributed by atoms with van der Waals surface area (Å²) in [7, 11) is 0. The molecule has 1 aliphatic heterocycles. The summed E-state index contributed by atoms with van der Waals surface area (Å²) in [6, 6.07) is 9.24. The molecule has 2 N–H and O–H groups in total. The highest BCUT2D eigenvalue weighted by molar-refractivity contribution is 5.79. The van der Waals surface area contributed by atoms with Gasteiger partial charge in [-0.1, -0.05) is 0 Å². The molecule has 2 aromatic heterocycles. The van der Waals surface area contributed by atoms with Gasteiger partial charge in [0.25, 0.3) is 0 Å². The molecular weight excluding hydrogens is 352 g/mol. The summed E-state index contributed by atoms with van der Waals surface area (Å²) < 4.78 is 18.0. The van der Waals surface area contributed by atoms with E-state index in [2.05, 4.69) is 4.98 Å². The van der Waals surface area contributed by atoms with Crippen molar-refractivity contribution >= 4 is 11.1 Å². The normalized spacial score (nSPS) is 22.4. The van der Waals surface area contributed by atoms with Crippen molar-refractivity contribution in [3.63, 3.8) is 0 Å². The van der Waals surface area contributed by atoms with Gasteiger partial charge in [0.1, 0.15) is 23.8 Å². The predicted octanol–water partition coefficient (Wildman–Crippen LogP) is 1.70. The number of benzene rings is 1. The number of nitrogens with zero attached hydrogens (tertiary/aromatic N) is 2. The van der Waals surface area contributed by atoms with Crippen molar-refractivity contribution in [1.29, 1.82) is 0 Å². The zero-order chi connectivity index (χ0) is 19.0. The Kier molecular flexibility index (Phi) is 4.69. The first-order chi connectivity index (χ1) is 13.1. The Bertz CT molecular complexity index is 994. The predicted molar refractivity (Wildman–Crippen MR) is 96.5 cm³/mol. The minimum absolute atomic E-state index is 0.210. The van der Waals surface area contributed by atoms with Crippen LogP contribution in [0.5, 0.6) is 5.75 Å². The third kappa shape index (κ3) is 3.34. The second-order valence-electron chi connectivity index (χ2n) is 6.37. The third-order valence-corrected chi connectivity index (χ3v) is 4.58. The zero-order valence-corrected chi connectivity index (χ0v) is 14.7. The van der Waals surface area contributed by atoms with Crippen molar-refractivity contribution in [2.45, 2.75) is 31.8 Å². The van der Waals surface area contributed by atoms with Crippen LogP contribution < -0.4 is 10.4 Å². The monoisotopic (exact) mass is 372 g/mol. The Morgan fingerprint density at radius 3 is 2.78 bits per heavy atom. The van der Waals surface area contributed by atoms with Crippen molar-refractivity contribution in [3.8, 4) is 17.1 Å². The first kappa shape index (κ1) is 17.7. The Morgan fingerprint density at radius 1 is 1.33 bits per heavy atom.